The Labute approximate surface area is 138 Å². The van der Waals surface area contributed by atoms with Crippen LogP contribution < -0.4 is 4.90 Å². The van der Waals surface area contributed by atoms with Gasteiger partial charge in [-0.25, -0.2) is 9.97 Å². The lowest BCUT2D eigenvalue weighted by Crippen LogP contribution is -2.47. The molecule has 120 valence electrons. The fourth-order valence-electron chi connectivity index (χ4n) is 3.25. The second kappa shape index (κ2) is 6.67. The quantitative estimate of drug-likeness (QED) is 0.850. The summed E-state index contributed by atoms with van der Waals surface area (Å²) in [5.41, 5.74) is 1.26. The van der Waals surface area contributed by atoms with Gasteiger partial charge in [-0.15, -0.1) is 0 Å². The van der Waals surface area contributed by atoms with Gasteiger partial charge in [-0.1, -0.05) is 30.3 Å². The van der Waals surface area contributed by atoms with Crippen LogP contribution in [-0.2, 0) is 6.42 Å². The van der Waals surface area contributed by atoms with Gasteiger partial charge in [-0.3, -0.25) is 4.90 Å². The molecular formula is C19H24N4. The Hall–Kier alpha value is -1.94. The molecule has 4 heteroatoms. The molecule has 1 saturated carbocycles. The van der Waals surface area contributed by atoms with Crippen molar-refractivity contribution in [2.45, 2.75) is 19.3 Å². The molecule has 1 saturated heterocycles. The van der Waals surface area contributed by atoms with Crippen LogP contribution in [0, 0.1) is 5.92 Å². The highest BCUT2D eigenvalue weighted by Gasteiger charge is 2.26. The summed E-state index contributed by atoms with van der Waals surface area (Å²) in [5.74, 6) is 2.98. The third-order valence-corrected chi connectivity index (χ3v) is 4.81. The number of nitrogens with zero attached hydrogens (tertiary/aromatic N) is 4. The van der Waals surface area contributed by atoms with Gasteiger partial charge in [0, 0.05) is 45.3 Å². The van der Waals surface area contributed by atoms with Crippen LogP contribution >= 0.6 is 0 Å². The third kappa shape index (κ3) is 3.88. The molecular weight excluding hydrogens is 284 g/mol. The summed E-state index contributed by atoms with van der Waals surface area (Å²) in [7, 11) is 0. The maximum atomic E-state index is 4.79. The molecule has 2 aromatic rings. The van der Waals surface area contributed by atoms with E-state index in [0.29, 0.717) is 0 Å². The van der Waals surface area contributed by atoms with Gasteiger partial charge in [0.1, 0.15) is 11.6 Å². The zero-order chi connectivity index (χ0) is 15.5. The van der Waals surface area contributed by atoms with Crippen molar-refractivity contribution in [1.29, 1.82) is 0 Å². The van der Waals surface area contributed by atoms with Crippen LogP contribution in [0.25, 0.3) is 0 Å². The monoisotopic (exact) mass is 308 g/mol. The van der Waals surface area contributed by atoms with E-state index >= 15 is 0 Å². The second-order valence-corrected chi connectivity index (χ2v) is 6.72. The Morgan fingerprint density at radius 2 is 1.74 bits per heavy atom. The molecule has 4 rings (SSSR count). The van der Waals surface area contributed by atoms with Gasteiger partial charge in [0.2, 0.25) is 0 Å². The van der Waals surface area contributed by atoms with Crippen LogP contribution in [0.3, 0.4) is 0 Å². The van der Waals surface area contributed by atoms with Crippen LogP contribution in [-0.4, -0.2) is 47.6 Å². The van der Waals surface area contributed by atoms with Gasteiger partial charge in [-0.05, 0) is 30.4 Å². The van der Waals surface area contributed by atoms with Gasteiger partial charge in [-0.2, -0.15) is 0 Å². The Morgan fingerprint density at radius 3 is 2.48 bits per heavy atom. The van der Waals surface area contributed by atoms with Crippen molar-refractivity contribution in [3.8, 4) is 0 Å². The number of benzene rings is 1. The summed E-state index contributed by atoms with van der Waals surface area (Å²) in [6.45, 7) is 5.78. The molecule has 0 unspecified atom stereocenters. The van der Waals surface area contributed by atoms with Gasteiger partial charge >= 0.3 is 0 Å². The molecule has 1 aliphatic heterocycles. The maximum absolute atomic E-state index is 4.79. The third-order valence-electron chi connectivity index (χ3n) is 4.81. The second-order valence-electron chi connectivity index (χ2n) is 6.72. The van der Waals surface area contributed by atoms with Crippen LogP contribution in [0.1, 0.15) is 24.2 Å². The maximum Gasteiger partial charge on any atom is 0.135 e. The van der Waals surface area contributed by atoms with Crippen molar-refractivity contribution in [2.75, 3.05) is 37.6 Å². The van der Waals surface area contributed by atoms with E-state index < -0.39 is 0 Å². The average molecular weight is 308 g/mol. The lowest BCUT2D eigenvalue weighted by atomic mass is 10.1. The predicted molar refractivity (Wildman–Crippen MR) is 92.7 cm³/mol. The van der Waals surface area contributed by atoms with Crippen molar-refractivity contribution < 1.29 is 0 Å². The number of piperazine rings is 1. The van der Waals surface area contributed by atoms with Crippen molar-refractivity contribution in [3.63, 3.8) is 0 Å². The highest BCUT2D eigenvalue weighted by molar-refractivity contribution is 5.38. The van der Waals surface area contributed by atoms with Crippen molar-refractivity contribution in [3.05, 3.63) is 54.0 Å². The molecule has 1 aromatic heterocycles. The van der Waals surface area contributed by atoms with Crippen molar-refractivity contribution in [2.24, 2.45) is 5.92 Å². The molecule has 2 heterocycles. The van der Waals surface area contributed by atoms with Gasteiger partial charge < -0.3 is 4.90 Å². The molecule has 23 heavy (non-hydrogen) atoms. The summed E-state index contributed by atoms with van der Waals surface area (Å²) >= 11 is 0. The molecule has 1 aliphatic carbocycles. The van der Waals surface area contributed by atoms with E-state index in [0.717, 1.165) is 50.2 Å². The highest BCUT2D eigenvalue weighted by Crippen LogP contribution is 2.30. The Balaban J connectivity index is 1.38. The average Bonchev–Trinajstić information content (AvgIpc) is 3.41. The number of hydrogen-bond acceptors (Lipinski definition) is 4. The van der Waals surface area contributed by atoms with E-state index in [1.54, 1.807) is 0 Å². The van der Waals surface area contributed by atoms with E-state index in [9.17, 15) is 0 Å². The number of anilines is 1. The van der Waals surface area contributed by atoms with Crippen LogP contribution in [0.2, 0.25) is 0 Å². The topological polar surface area (TPSA) is 32.3 Å². The van der Waals surface area contributed by atoms with E-state index in [-0.39, 0.29) is 0 Å². The molecule has 0 bridgehead atoms. The molecule has 2 aliphatic rings. The molecule has 1 aromatic carbocycles. The molecule has 0 radical (unpaired) electrons. The molecule has 2 fully saturated rings. The molecule has 0 spiro atoms. The normalized spacial score (nSPS) is 19.0. The zero-order valence-corrected chi connectivity index (χ0v) is 13.6. The Kier molecular flexibility index (Phi) is 4.24. The first-order chi connectivity index (χ1) is 11.4. The number of hydrogen-bond donors (Lipinski definition) is 0. The first kappa shape index (κ1) is 14.6. The minimum atomic E-state index is 0.802. The Morgan fingerprint density at radius 1 is 0.957 bits per heavy atom. The molecule has 0 N–H and O–H groups in total. The predicted octanol–water partition coefficient (Wildman–Crippen LogP) is 2.60. The minimum Gasteiger partial charge on any atom is -0.354 e. The van der Waals surface area contributed by atoms with Gasteiger partial charge in [0.25, 0.3) is 0 Å². The van der Waals surface area contributed by atoms with Crippen LogP contribution in [0.4, 0.5) is 5.82 Å². The van der Waals surface area contributed by atoms with Crippen molar-refractivity contribution in [1.82, 2.24) is 14.9 Å². The van der Waals surface area contributed by atoms with E-state index in [4.69, 9.17) is 4.98 Å². The van der Waals surface area contributed by atoms with Gasteiger partial charge in [0.15, 0.2) is 0 Å². The van der Waals surface area contributed by atoms with Crippen molar-refractivity contribution >= 4 is 5.82 Å². The number of aromatic nitrogens is 2. The van der Waals surface area contributed by atoms with Crippen LogP contribution in [0.5, 0.6) is 0 Å². The number of rotatable bonds is 5. The zero-order valence-electron chi connectivity index (χ0n) is 13.6. The summed E-state index contributed by atoms with van der Waals surface area (Å²) in [4.78, 5) is 14.2. The SMILES string of the molecule is c1ccc(Cc2nccc(N3CCN(CC4CC4)CC3)n2)cc1. The van der Waals surface area contributed by atoms with E-state index in [1.807, 2.05) is 18.3 Å². The lowest BCUT2D eigenvalue weighted by molar-refractivity contribution is 0.247. The summed E-state index contributed by atoms with van der Waals surface area (Å²) in [5, 5.41) is 0. The largest absolute Gasteiger partial charge is 0.354 e. The smallest absolute Gasteiger partial charge is 0.135 e. The fourth-order valence-corrected chi connectivity index (χ4v) is 3.25. The fraction of sp³-hybridized carbons (Fsp3) is 0.474. The van der Waals surface area contributed by atoms with E-state index in [1.165, 1.54) is 24.9 Å². The summed E-state index contributed by atoms with van der Waals surface area (Å²) in [6, 6.07) is 12.5. The first-order valence-electron chi connectivity index (χ1n) is 8.70. The lowest BCUT2D eigenvalue weighted by Gasteiger charge is -2.35. The molecule has 0 amide bonds. The minimum absolute atomic E-state index is 0.802. The van der Waals surface area contributed by atoms with E-state index in [2.05, 4.69) is 39.0 Å². The summed E-state index contributed by atoms with van der Waals surface area (Å²) < 4.78 is 0. The molecule has 4 nitrogen and oxygen atoms in total. The van der Waals surface area contributed by atoms with Crippen LogP contribution in [0.15, 0.2) is 42.6 Å². The Bertz CT molecular complexity index is 631. The molecule has 0 atom stereocenters. The highest BCUT2D eigenvalue weighted by atomic mass is 15.3. The standard InChI is InChI=1S/C19H24N4/c1-2-4-16(5-3-1)14-18-20-9-8-19(21-18)23-12-10-22(11-13-23)15-17-6-7-17/h1-5,8-9,17H,6-7,10-15H2. The first-order valence-corrected chi connectivity index (χ1v) is 8.70. The summed E-state index contributed by atoms with van der Waals surface area (Å²) in [6.07, 6.45) is 5.58. The van der Waals surface area contributed by atoms with Gasteiger partial charge in [0.05, 0.1) is 0 Å².